The van der Waals surface area contributed by atoms with Crippen molar-refractivity contribution < 1.29 is 4.42 Å². The van der Waals surface area contributed by atoms with E-state index < -0.39 is 0 Å². The van der Waals surface area contributed by atoms with Crippen LogP contribution >= 0.6 is 0 Å². The van der Waals surface area contributed by atoms with Gasteiger partial charge in [0.1, 0.15) is 11.2 Å². The Morgan fingerprint density at radius 3 is 1.53 bits per heavy atom. The summed E-state index contributed by atoms with van der Waals surface area (Å²) >= 11 is 0. The Balaban J connectivity index is 1.23. The van der Waals surface area contributed by atoms with E-state index in [4.69, 9.17) is 4.42 Å². The number of benzene rings is 6. The molecule has 0 spiro atoms. The molecule has 7 rings (SSSR count). The molecule has 1 heterocycles. The molecule has 2 nitrogen and oxygen atoms in total. The van der Waals surface area contributed by atoms with E-state index in [1.807, 2.05) is 18.2 Å². The molecule has 0 aliphatic heterocycles. The maximum Gasteiger partial charge on any atom is 0.136 e. The fourth-order valence-corrected chi connectivity index (χ4v) is 5.26. The van der Waals surface area contributed by atoms with Gasteiger partial charge in [-0.15, -0.1) is 0 Å². The van der Waals surface area contributed by atoms with Gasteiger partial charge in [-0.3, -0.25) is 0 Å². The molecule has 38 heavy (non-hydrogen) atoms. The highest BCUT2D eigenvalue weighted by molar-refractivity contribution is 6.12. The van der Waals surface area contributed by atoms with Crippen LogP contribution in [0.2, 0.25) is 0 Å². The van der Waals surface area contributed by atoms with Crippen LogP contribution in [-0.4, -0.2) is 0 Å². The van der Waals surface area contributed by atoms with Crippen molar-refractivity contribution in [1.82, 2.24) is 0 Å². The fraction of sp³-hybridized carbons (Fsp3) is 0. The van der Waals surface area contributed by atoms with Crippen molar-refractivity contribution in [2.75, 3.05) is 4.90 Å². The molecular weight excluding hydrogens is 462 g/mol. The summed E-state index contributed by atoms with van der Waals surface area (Å²) in [6.45, 7) is 0. The first-order valence-corrected chi connectivity index (χ1v) is 12.9. The van der Waals surface area contributed by atoms with Crippen LogP contribution in [0.4, 0.5) is 17.1 Å². The Hall–Kier alpha value is -5.08. The lowest BCUT2D eigenvalue weighted by Gasteiger charge is -2.25. The SMILES string of the molecule is c1ccc(N(c2ccccc2)c2ccc(-c3ccc(-c4cccc5oc6ccccc6c45)cc3)cc2)cc1. The summed E-state index contributed by atoms with van der Waals surface area (Å²) in [4.78, 5) is 2.28. The highest BCUT2D eigenvalue weighted by atomic mass is 16.3. The first-order valence-electron chi connectivity index (χ1n) is 12.9. The van der Waals surface area contributed by atoms with Gasteiger partial charge in [0.2, 0.25) is 0 Å². The van der Waals surface area contributed by atoms with E-state index >= 15 is 0 Å². The summed E-state index contributed by atoms with van der Waals surface area (Å²) in [6.07, 6.45) is 0. The number of furan rings is 1. The molecule has 0 unspecified atom stereocenters. The second kappa shape index (κ2) is 9.42. The Morgan fingerprint density at radius 2 is 0.868 bits per heavy atom. The van der Waals surface area contributed by atoms with E-state index in [1.54, 1.807) is 0 Å². The van der Waals surface area contributed by atoms with Gasteiger partial charge in [0.05, 0.1) is 0 Å². The summed E-state index contributed by atoms with van der Waals surface area (Å²) in [5, 5.41) is 2.32. The third-order valence-electron chi connectivity index (χ3n) is 7.09. The maximum absolute atomic E-state index is 6.10. The number of fused-ring (bicyclic) bond motifs is 3. The largest absolute Gasteiger partial charge is 0.456 e. The molecule has 6 aromatic carbocycles. The molecule has 2 heteroatoms. The van der Waals surface area contributed by atoms with Crippen LogP contribution < -0.4 is 4.90 Å². The summed E-state index contributed by atoms with van der Waals surface area (Å²) in [5.41, 5.74) is 9.99. The van der Waals surface area contributed by atoms with Crippen molar-refractivity contribution >= 4 is 39.0 Å². The molecule has 0 amide bonds. The number of rotatable bonds is 5. The Bertz CT molecular complexity index is 1790. The molecule has 0 N–H and O–H groups in total. The van der Waals surface area contributed by atoms with Crippen molar-refractivity contribution in [3.8, 4) is 22.3 Å². The van der Waals surface area contributed by atoms with Crippen molar-refractivity contribution in [1.29, 1.82) is 0 Å². The van der Waals surface area contributed by atoms with Crippen LogP contribution in [0.1, 0.15) is 0 Å². The van der Waals surface area contributed by atoms with E-state index in [0.29, 0.717) is 0 Å². The normalized spacial score (nSPS) is 11.2. The molecule has 0 fully saturated rings. The topological polar surface area (TPSA) is 16.4 Å². The van der Waals surface area contributed by atoms with Gasteiger partial charge in [0.25, 0.3) is 0 Å². The second-order valence-electron chi connectivity index (χ2n) is 9.41. The van der Waals surface area contributed by atoms with Gasteiger partial charge in [-0.2, -0.15) is 0 Å². The molecule has 0 aliphatic carbocycles. The molecule has 0 saturated carbocycles. The average molecular weight is 488 g/mol. The number of anilines is 3. The van der Waals surface area contributed by atoms with Crippen molar-refractivity contribution in [2.24, 2.45) is 0 Å². The molecule has 0 saturated heterocycles. The zero-order chi connectivity index (χ0) is 25.3. The van der Waals surface area contributed by atoms with Crippen LogP contribution in [0.15, 0.2) is 156 Å². The molecule has 7 aromatic rings. The number of para-hydroxylation sites is 3. The van der Waals surface area contributed by atoms with Gasteiger partial charge in [-0.05, 0) is 70.8 Å². The lowest BCUT2D eigenvalue weighted by molar-refractivity contribution is 0.669. The monoisotopic (exact) mass is 487 g/mol. The highest BCUT2D eigenvalue weighted by Crippen LogP contribution is 2.38. The molecular formula is C36H25NO. The minimum Gasteiger partial charge on any atom is -0.456 e. The standard InChI is InChI=1S/C36H25NO/c1-3-10-29(11-4-1)37(30-12-5-2-6-13-30)31-24-22-27(23-25-31)26-18-20-28(21-19-26)32-15-9-17-35-36(32)33-14-7-8-16-34(33)38-35/h1-25H. The fourth-order valence-electron chi connectivity index (χ4n) is 5.26. The Labute approximate surface area is 222 Å². The van der Waals surface area contributed by atoms with Gasteiger partial charge in [0.15, 0.2) is 0 Å². The molecule has 0 aliphatic rings. The Kier molecular flexibility index (Phi) is 5.49. The van der Waals surface area contributed by atoms with Crippen molar-refractivity contribution in [3.05, 3.63) is 152 Å². The van der Waals surface area contributed by atoms with Crippen LogP contribution in [0, 0.1) is 0 Å². The van der Waals surface area contributed by atoms with Crippen LogP contribution in [0.5, 0.6) is 0 Å². The van der Waals surface area contributed by atoms with E-state index in [9.17, 15) is 0 Å². The van der Waals surface area contributed by atoms with E-state index in [2.05, 4.69) is 138 Å². The lowest BCUT2D eigenvalue weighted by Crippen LogP contribution is -2.09. The predicted octanol–water partition coefficient (Wildman–Crippen LogP) is 10.4. The lowest BCUT2D eigenvalue weighted by atomic mass is 9.97. The van der Waals surface area contributed by atoms with Crippen molar-refractivity contribution in [3.63, 3.8) is 0 Å². The Morgan fingerprint density at radius 1 is 0.368 bits per heavy atom. The second-order valence-corrected chi connectivity index (χ2v) is 9.41. The van der Waals surface area contributed by atoms with Crippen molar-refractivity contribution in [2.45, 2.75) is 0 Å². The first-order chi connectivity index (χ1) is 18.8. The zero-order valence-corrected chi connectivity index (χ0v) is 20.8. The number of hydrogen-bond donors (Lipinski definition) is 0. The van der Waals surface area contributed by atoms with E-state index in [1.165, 1.54) is 27.6 Å². The molecule has 180 valence electrons. The third-order valence-corrected chi connectivity index (χ3v) is 7.09. The molecule has 0 bridgehead atoms. The minimum atomic E-state index is 0.921. The quantitative estimate of drug-likeness (QED) is 0.240. The maximum atomic E-state index is 6.10. The van der Waals surface area contributed by atoms with E-state index in [0.717, 1.165) is 33.6 Å². The molecule has 0 atom stereocenters. The average Bonchev–Trinajstić information content (AvgIpc) is 3.38. The smallest absolute Gasteiger partial charge is 0.136 e. The van der Waals surface area contributed by atoms with Crippen LogP contribution in [0.25, 0.3) is 44.2 Å². The summed E-state index contributed by atoms with van der Waals surface area (Å²) in [7, 11) is 0. The van der Waals surface area contributed by atoms with Crippen LogP contribution in [-0.2, 0) is 0 Å². The summed E-state index contributed by atoms with van der Waals surface area (Å²) in [6, 6.07) is 53.1. The zero-order valence-electron chi connectivity index (χ0n) is 20.8. The number of nitrogens with zero attached hydrogens (tertiary/aromatic N) is 1. The predicted molar refractivity (Wildman–Crippen MR) is 159 cm³/mol. The van der Waals surface area contributed by atoms with Gasteiger partial charge in [-0.1, -0.05) is 103 Å². The van der Waals surface area contributed by atoms with Gasteiger partial charge < -0.3 is 9.32 Å². The first kappa shape index (κ1) is 22.1. The summed E-state index contributed by atoms with van der Waals surface area (Å²) in [5.74, 6) is 0. The van der Waals surface area contributed by atoms with Gasteiger partial charge >= 0.3 is 0 Å². The molecule has 0 radical (unpaired) electrons. The number of hydrogen-bond acceptors (Lipinski definition) is 2. The highest BCUT2D eigenvalue weighted by Gasteiger charge is 2.13. The minimum absolute atomic E-state index is 0.921. The molecule has 1 aromatic heterocycles. The van der Waals surface area contributed by atoms with E-state index in [-0.39, 0.29) is 0 Å². The van der Waals surface area contributed by atoms with Crippen LogP contribution in [0.3, 0.4) is 0 Å². The van der Waals surface area contributed by atoms with Gasteiger partial charge in [0, 0.05) is 27.8 Å². The summed E-state index contributed by atoms with van der Waals surface area (Å²) < 4.78 is 6.10. The third kappa shape index (κ3) is 3.93. The van der Waals surface area contributed by atoms with Gasteiger partial charge in [-0.25, -0.2) is 0 Å².